The number of carboxylic acid groups (broad SMARTS) is 1. The second kappa shape index (κ2) is 8.10. The summed E-state index contributed by atoms with van der Waals surface area (Å²) in [5.74, 6) is -0.840. The zero-order valence-corrected chi connectivity index (χ0v) is 13.4. The summed E-state index contributed by atoms with van der Waals surface area (Å²) in [4.78, 5) is 22.2. The first-order valence-electron chi connectivity index (χ1n) is 6.54. The second-order valence-electron chi connectivity index (χ2n) is 4.87. The lowest BCUT2D eigenvalue weighted by molar-refractivity contribution is -0.137. The molecule has 0 spiro atoms. The van der Waals surface area contributed by atoms with Crippen molar-refractivity contribution in [3.8, 4) is 0 Å². The molecule has 0 aliphatic rings. The van der Waals surface area contributed by atoms with Gasteiger partial charge in [0.05, 0.1) is 10.7 Å². The Balaban J connectivity index is 2.50. The highest BCUT2D eigenvalue weighted by atomic mass is 35.5. The fourth-order valence-corrected chi connectivity index (χ4v) is 2.19. The highest BCUT2D eigenvalue weighted by Gasteiger charge is 2.11. The van der Waals surface area contributed by atoms with E-state index in [4.69, 9.17) is 28.3 Å². The molecule has 1 aromatic carbocycles. The number of carboxylic acids is 1. The van der Waals surface area contributed by atoms with Crippen LogP contribution in [-0.2, 0) is 4.79 Å². The summed E-state index contributed by atoms with van der Waals surface area (Å²) in [5.41, 5.74) is 1.26. The smallest absolute Gasteiger partial charge is 0.319 e. The molecule has 0 aliphatic carbocycles. The summed E-state index contributed by atoms with van der Waals surface area (Å²) in [6.45, 7) is 3.63. The average molecular weight is 333 g/mol. The molecule has 0 heterocycles. The molecule has 1 aromatic rings. The quantitative estimate of drug-likeness (QED) is 0.734. The van der Waals surface area contributed by atoms with Crippen molar-refractivity contribution < 1.29 is 14.7 Å². The molecule has 0 saturated carbocycles. The average Bonchev–Trinajstić information content (AvgIpc) is 2.35. The third-order valence-electron chi connectivity index (χ3n) is 2.90. The van der Waals surface area contributed by atoms with Crippen LogP contribution in [0.25, 0.3) is 0 Å². The Kier molecular flexibility index (Phi) is 6.78. The number of benzene rings is 1. The van der Waals surface area contributed by atoms with Gasteiger partial charge in [0, 0.05) is 17.5 Å². The van der Waals surface area contributed by atoms with Crippen molar-refractivity contribution in [3.05, 3.63) is 27.7 Å². The van der Waals surface area contributed by atoms with Crippen molar-refractivity contribution in [2.24, 2.45) is 0 Å². The summed E-state index contributed by atoms with van der Waals surface area (Å²) in [5, 5.41) is 14.8. The number of aryl methyl sites for hydroxylation is 1. The number of hydrogen-bond donors (Lipinski definition) is 3. The molecule has 0 fully saturated rings. The van der Waals surface area contributed by atoms with E-state index in [9.17, 15) is 9.59 Å². The van der Waals surface area contributed by atoms with Gasteiger partial charge in [0.2, 0.25) is 0 Å². The lowest BCUT2D eigenvalue weighted by atomic mass is 10.1. The van der Waals surface area contributed by atoms with Crippen molar-refractivity contribution >= 4 is 40.9 Å². The van der Waals surface area contributed by atoms with E-state index in [1.54, 1.807) is 12.1 Å². The highest BCUT2D eigenvalue weighted by molar-refractivity contribution is 6.36. The molecule has 0 aliphatic heterocycles. The molecule has 0 radical (unpaired) electrons. The number of carbonyl (C=O) groups excluding carboxylic acids is 1. The maximum Gasteiger partial charge on any atom is 0.319 e. The van der Waals surface area contributed by atoms with Crippen molar-refractivity contribution in [1.82, 2.24) is 5.32 Å². The van der Waals surface area contributed by atoms with Crippen LogP contribution in [0.5, 0.6) is 0 Å². The number of amides is 2. The Labute approximate surface area is 133 Å². The lowest BCUT2D eigenvalue weighted by Gasteiger charge is -2.15. The van der Waals surface area contributed by atoms with E-state index >= 15 is 0 Å². The predicted octanol–water partition coefficient (Wildman–Crippen LogP) is 4.07. The first-order valence-corrected chi connectivity index (χ1v) is 7.30. The Morgan fingerprint density at radius 3 is 2.57 bits per heavy atom. The van der Waals surface area contributed by atoms with E-state index in [0.29, 0.717) is 28.6 Å². The Bertz CT molecular complexity index is 535. The number of anilines is 1. The first-order chi connectivity index (χ1) is 9.79. The summed E-state index contributed by atoms with van der Waals surface area (Å²) in [6.07, 6.45) is 1.18. The van der Waals surface area contributed by atoms with Crippen molar-refractivity contribution in [3.63, 3.8) is 0 Å². The molecule has 0 saturated heterocycles. The van der Waals surface area contributed by atoms with Crippen molar-refractivity contribution in [2.45, 2.75) is 39.2 Å². The lowest BCUT2D eigenvalue weighted by Crippen LogP contribution is -2.36. The number of nitrogens with one attached hydrogen (secondary N) is 2. The van der Waals surface area contributed by atoms with Crippen LogP contribution in [0.4, 0.5) is 10.5 Å². The van der Waals surface area contributed by atoms with E-state index in [1.807, 2.05) is 13.8 Å². The molecule has 5 nitrogen and oxygen atoms in total. The van der Waals surface area contributed by atoms with Crippen LogP contribution in [0.1, 0.15) is 31.7 Å². The van der Waals surface area contributed by atoms with Gasteiger partial charge in [-0.05, 0) is 44.4 Å². The molecule has 1 atom stereocenters. The molecule has 1 unspecified atom stereocenters. The monoisotopic (exact) mass is 332 g/mol. The minimum Gasteiger partial charge on any atom is -0.481 e. The maximum atomic E-state index is 11.8. The van der Waals surface area contributed by atoms with E-state index < -0.39 is 12.0 Å². The molecule has 2 amide bonds. The molecule has 7 heteroatoms. The molecule has 0 aromatic heterocycles. The second-order valence-corrected chi connectivity index (χ2v) is 5.68. The van der Waals surface area contributed by atoms with Gasteiger partial charge in [-0.3, -0.25) is 4.79 Å². The van der Waals surface area contributed by atoms with E-state index in [2.05, 4.69) is 10.6 Å². The molecular weight excluding hydrogens is 315 g/mol. The van der Waals surface area contributed by atoms with Gasteiger partial charge in [0.1, 0.15) is 0 Å². The number of rotatable bonds is 6. The molecule has 0 bridgehead atoms. The third-order valence-corrected chi connectivity index (χ3v) is 3.62. The largest absolute Gasteiger partial charge is 0.481 e. The first kappa shape index (κ1) is 17.6. The standard InChI is InChI=1S/C14H18Cl2N2O3/c1-8-6-11(16)12(7-10(8)15)18-14(21)17-9(2)4-3-5-13(19)20/h6-7,9H,3-5H2,1-2H3,(H,19,20)(H2,17,18,21). The molecule has 116 valence electrons. The van der Waals surface area contributed by atoms with Crippen LogP contribution in [0.15, 0.2) is 12.1 Å². The normalized spacial score (nSPS) is 11.8. The summed E-state index contributed by atoms with van der Waals surface area (Å²) in [7, 11) is 0. The molecular formula is C14H18Cl2N2O3. The SMILES string of the molecule is Cc1cc(Cl)c(NC(=O)NC(C)CCCC(=O)O)cc1Cl. The number of carbonyl (C=O) groups is 2. The van der Waals surface area contributed by atoms with Crippen LogP contribution in [-0.4, -0.2) is 23.1 Å². The van der Waals surface area contributed by atoms with E-state index in [-0.39, 0.29) is 12.5 Å². The summed E-state index contributed by atoms with van der Waals surface area (Å²) < 4.78 is 0. The third kappa shape index (κ3) is 6.23. The van der Waals surface area contributed by atoms with E-state index in [0.717, 1.165) is 5.56 Å². The fraction of sp³-hybridized carbons (Fsp3) is 0.429. The molecule has 21 heavy (non-hydrogen) atoms. The summed E-state index contributed by atoms with van der Waals surface area (Å²) in [6, 6.07) is 2.73. The van der Waals surface area contributed by atoms with Crippen LogP contribution >= 0.6 is 23.2 Å². The van der Waals surface area contributed by atoms with Gasteiger partial charge in [0.25, 0.3) is 0 Å². The number of halogens is 2. The van der Waals surface area contributed by atoms with Crippen molar-refractivity contribution in [1.29, 1.82) is 0 Å². The number of hydrogen-bond acceptors (Lipinski definition) is 2. The highest BCUT2D eigenvalue weighted by Crippen LogP contribution is 2.28. The minimum absolute atomic E-state index is 0.0903. The Hall–Kier alpha value is -1.46. The number of aliphatic carboxylic acids is 1. The van der Waals surface area contributed by atoms with Crippen molar-refractivity contribution in [2.75, 3.05) is 5.32 Å². The van der Waals surface area contributed by atoms with Gasteiger partial charge in [-0.25, -0.2) is 4.79 Å². The van der Waals surface area contributed by atoms with Gasteiger partial charge in [-0.15, -0.1) is 0 Å². The zero-order valence-electron chi connectivity index (χ0n) is 11.9. The van der Waals surface area contributed by atoms with Gasteiger partial charge >= 0.3 is 12.0 Å². The van der Waals surface area contributed by atoms with Gasteiger partial charge in [0.15, 0.2) is 0 Å². The predicted molar refractivity (Wildman–Crippen MR) is 84.3 cm³/mol. The van der Waals surface area contributed by atoms with Gasteiger partial charge in [-0.1, -0.05) is 23.2 Å². The van der Waals surface area contributed by atoms with Crippen LogP contribution in [0, 0.1) is 6.92 Å². The van der Waals surface area contributed by atoms with Gasteiger partial charge in [-0.2, -0.15) is 0 Å². The number of urea groups is 1. The topological polar surface area (TPSA) is 78.4 Å². The summed E-state index contributed by atoms with van der Waals surface area (Å²) >= 11 is 12.0. The zero-order chi connectivity index (χ0) is 16.0. The van der Waals surface area contributed by atoms with Crippen LogP contribution in [0.2, 0.25) is 10.0 Å². The molecule has 1 rings (SSSR count). The minimum atomic E-state index is -0.840. The molecule has 3 N–H and O–H groups in total. The fourth-order valence-electron chi connectivity index (χ4n) is 1.76. The van der Waals surface area contributed by atoms with E-state index in [1.165, 1.54) is 0 Å². The van der Waals surface area contributed by atoms with Crippen LogP contribution < -0.4 is 10.6 Å². The Morgan fingerprint density at radius 2 is 1.95 bits per heavy atom. The Morgan fingerprint density at radius 1 is 1.29 bits per heavy atom. The van der Waals surface area contributed by atoms with Crippen LogP contribution in [0.3, 0.4) is 0 Å². The maximum absolute atomic E-state index is 11.8. The van der Waals surface area contributed by atoms with Gasteiger partial charge < -0.3 is 15.7 Å².